The molecular weight excluding hydrogens is 256 g/mol. The Morgan fingerprint density at radius 2 is 2.00 bits per heavy atom. The van der Waals surface area contributed by atoms with Crippen LogP contribution >= 0.6 is 0 Å². The molecule has 3 N–H and O–H groups in total. The Kier molecular flexibility index (Phi) is 4.25. The average molecular weight is 278 g/mol. The van der Waals surface area contributed by atoms with E-state index in [1.165, 1.54) is 6.20 Å². The molecule has 0 unspecified atom stereocenters. The molecule has 6 heteroatoms. The third-order valence-corrected chi connectivity index (χ3v) is 3.34. The predicted octanol–water partition coefficient (Wildman–Crippen LogP) is 0.0734. The van der Waals surface area contributed by atoms with E-state index in [1.54, 1.807) is 6.07 Å². The summed E-state index contributed by atoms with van der Waals surface area (Å²) in [5.74, 6) is 0.400. The van der Waals surface area contributed by atoms with Crippen LogP contribution in [0.5, 0.6) is 0 Å². The summed E-state index contributed by atoms with van der Waals surface area (Å²) >= 11 is 0. The summed E-state index contributed by atoms with van der Waals surface area (Å²) in [6.45, 7) is 7.83. The Morgan fingerprint density at radius 3 is 2.45 bits per heavy atom. The van der Waals surface area contributed by atoms with Gasteiger partial charge in [-0.2, -0.15) is 0 Å². The third kappa shape index (κ3) is 3.91. The van der Waals surface area contributed by atoms with Crippen LogP contribution in [0.2, 0.25) is 0 Å². The Morgan fingerprint density at radius 1 is 1.35 bits per heavy atom. The Balaban J connectivity index is 1.92. The van der Waals surface area contributed by atoms with Crippen LogP contribution in [-0.4, -0.2) is 59.2 Å². The monoisotopic (exact) mass is 278 g/mol. The van der Waals surface area contributed by atoms with Crippen LogP contribution in [-0.2, 0) is 0 Å². The fourth-order valence-electron chi connectivity index (χ4n) is 2.40. The number of carbonyl (C=O) groups is 1. The summed E-state index contributed by atoms with van der Waals surface area (Å²) in [5, 5.41) is 9.82. The van der Waals surface area contributed by atoms with Crippen LogP contribution < -0.4 is 10.6 Å². The molecule has 1 aliphatic rings. The maximum atomic E-state index is 11.0. The fraction of sp³-hybridized carbons (Fsp3) is 0.571. The number of nitrogens with zero attached hydrogens (tertiary/aromatic N) is 3. The third-order valence-electron chi connectivity index (χ3n) is 3.34. The molecule has 6 nitrogen and oxygen atoms in total. The first-order chi connectivity index (χ1) is 9.35. The van der Waals surface area contributed by atoms with Crippen molar-refractivity contribution in [2.24, 2.45) is 5.73 Å². The largest absolute Gasteiger partial charge is 0.389 e. The summed E-state index contributed by atoms with van der Waals surface area (Å²) in [7, 11) is 0. The maximum Gasteiger partial charge on any atom is 0.250 e. The number of anilines is 1. The first kappa shape index (κ1) is 14.7. The molecule has 1 saturated heterocycles. The van der Waals surface area contributed by atoms with E-state index in [2.05, 4.69) is 14.8 Å². The number of hydrogen-bond acceptors (Lipinski definition) is 5. The van der Waals surface area contributed by atoms with Gasteiger partial charge in [-0.15, -0.1) is 0 Å². The first-order valence-electron chi connectivity index (χ1n) is 6.81. The van der Waals surface area contributed by atoms with Crippen LogP contribution in [0.3, 0.4) is 0 Å². The topological polar surface area (TPSA) is 82.7 Å². The Hall–Kier alpha value is -1.66. The van der Waals surface area contributed by atoms with Gasteiger partial charge in [-0.1, -0.05) is 0 Å². The molecule has 2 rings (SSSR count). The van der Waals surface area contributed by atoms with Crippen LogP contribution in [0, 0.1) is 0 Å². The van der Waals surface area contributed by atoms with E-state index in [-0.39, 0.29) is 0 Å². The van der Waals surface area contributed by atoms with E-state index in [4.69, 9.17) is 5.73 Å². The zero-order chi connectivity index (χ0) is 14.8. The molecule has 2 heterocycles. The summed E-state index contributed by atoms with van der Waals surface area (Å²) in [4.78, 5) is 19.7. The van der Waals surface area contributed by atoms with Crippen molar-refractivity contribution in [2.45, 2.75) is 19.4 Å². The minimum absolute atomic E-state index is 0.425. The highest BCUT2D eigenvalue weighted by molar-refractivity contribution is 5.92. The number of amides is 1. The summed E-state index contributed by atoms with van der Waals surface area (Å²) < 4.78 is 0. The van der Waals surface area contributed by atoms with Crippen molar-refractivity contribution in [3.8, 4) is 0 Å². The number of β-amino-alcohol motifs (C(OH)–C–C–N with tert-alkyl or cyclic N) is 1. The van der Waals surface area contributed by atoms with E-state index in [9.17, 15) is 9.90 Å². The molecule has 0 atom stereocenters. The molecule has 1 aliphatic heterocycles. The number of rotatable bonds is 4. The standard InChI is InChI=1S/C14H22N4O2/c1-14(2,20)10-17-5-7-18(8-6-17)12-4-3-11(9-16-12)13(15)19/h3-4,9,20H,5-8,10H2,1-2H3,(H2,15,19). The minimum atomic E-state index is -0.663. The molecule has 0 radical (unpaired) electrons. The first-order valence-corrected chi connectivity index (χ1v) is 6.81. The van der Waals surface area contributed by atoms with Crippen molar-refractivity contribution >= 4 is 11.7 Å². The molecule has 0 spiro atoms. The highest BCUT2D eigenvalue weighted by Crippen LogP contribution is 2.15. The van der Waals surface area contributed by atoms with Gasteiger partial charge in [0.25, 0.3) is 0 Å². The normalized spacial score (nSPS) is 17.2. The van der Waals surface area contributed by atoms with Gasteiger partial charge in [-0.3, -0.25) is 9.69 Å². The van der Waals surface area contributed by atoms with Crippen molar-refractivity contribution in [1.82, 2.24) is 9.88 Å². The van der Waals surface area contributed by atoms with Gasteiger partial charge in [0.05, 0.1) is 11.2 Å². The number of piperazine rings is 1. The van der Waals surface area contributed by atoms with E-state index in [1.807, 2.05) is 19.9 Å². The average Bonchev–Trinajstić information content (AvgIpc) is 2.38. The van der Waals surface area contributed by atoms with Crippen molar-refractivity contribution in [3.63, 3.8) is 0 Å². The quantitative estimate of drug-likeness (QED) is 0.814. The maximum absolute atomic E-state index is 11.0. The number of carbonyl (C=O) groups excluding carboxylic acids is 1. The van der Waals surface area contributed by atoms with Gasteiger partial charge < -0.3 is 15.7 Å². The molecule has 1 amide bonds. The number of aliphatic hydroxyl groups is 1. The minimum Gasteiger partial charge on any atom is -0.389 e. The SMILES string of the molecule is CC(C)(O)CN1CCN(c2ccc(C(N)=O)cn2)CC1. The molecule has 20 heavy (non-hydrogen) atoms. The second-order valence-electron chi connectivity index (χ2n) is 5.84. The van der Waals surface area contributed by atoms with Gasteiger partial charge >= 0.3 is 0 Å². The number of primary amides is 1. The van der Waals surface area contributed by atoms with Crippen LogP contribution in [0.4, 0.5) is 5.82 Å². The summed E-state index contributed by atoms with van der Waals surface area (Å²) in [6, 6.07) is 3.53. The molecule has 1 aromatic rings. The molecule has 110 valence electrons. The van der Waals surface area contributed by atoms with Crippen molar-refractivity contribution < 1.29 is 9.90 Å². The van der Waals surface area contributed by atoms with Crippen LogP contribution in [0.1, 0.15) is 24.2 Å². The lowest BCUT2D eigenvalue weighted by Crippen LogP contribution is -2.50. The zero-order valence-corrected chi connectivity index (χ0v) is 12.0. The lowest BCUT2D eigenvalue weighted by Gasteiger charge is -2.37. The van der Waals surface area contributed by atoms with Crippen LogP contribution in [0.25, 0.3) is 0 Å². The van der Waals surface area contributed by atoms with Crippen molar-refractivity contribution in [3.05, 3.63) is 23.9 Å². The summed E-state index contributed by atoms with van der Waals surface area (Å²) in [5.41, 5.74) is 4.96. The van der Waals surface area contributed by atoms with Gasteiger partial charge in [0.15, 0.2) is 0 Å². The highest BCUT2D eigenvalue weighted by Gasteiger charge is 2.23. The zero-order valence-electron chi connectivity index (χ0n) is 12.0. The Labute approximate surface area is 119 Å². The van der Waals surface area contributed by atoms with Crippen molar-refractivity contribution in [2.75, 3.05) is 37.6 Å². The number of aromatic nitrogens is 1. The lowest BCUT2D eigenvalue weighted by molar-refractivity contribution is 0.0344. The molecule has 0 aromatic carbocycles. The molecule has 0 bridgehead atoms. The summed E-state index contributed by atoms with van der Waals surface area (Å²) in [6.07, 6.45) is 1.51. The number of nitrogens with two attached hydrogens (primary N) is 1. The van der Waals surface area contributed by atoms with E-state index >= 15 is 0 Å². The molecule has 0 aliphatic carbocycles. The van der Waals surface area contributed by atoms with Crippen molar-refractivity contribution in [1.29, 1.82) is 0 Å². The van der Waals surface area contributed by atoms with Gasteiger partial charge in [0, 0.05) is 38.9 Å². The lowest BCUT2D eigenvalue weighted by atomic mass is 10.1. The van der Waals surface area contributed by atoms with E-state index in [0.717, 1.165) is 32.0 Å². The molecule has 0 saturated carbocycles. The van der Waals surface area contributed by atoms with E-state index < -0.39 is 11.5 Å². The number of pyridine rings is 1. The fourth-order valence-corrected chi connectivity index (χ4v) is 2.40. The molecule has 1 aromatic heterocycles. The molecule has 1 fully saturated rings. The second-order valence-corrected chi connectivity index (χ2v) is 5.84. The van der Waals surface area contributed by atoms with Crippen LogP contribution in [0.15, 0.2) is 18.3 Å². The van der Waals surface area contributed by atoms with Gasteiger partial charge in [-0.05, 0) is 26.0 Å². The predicted molar refractivity (Wildman–Crippen MR) is 77.7 cm³/mol. The second kappa shape index (κ2) is 5.76. The van der Waals surface area contributed by atoms with Gasteiger partial charge in [-0.25, -0.2) is 4.98 Å². The highest BCUT2D eigenvalue weighted by atomic mass is 16.3. The molecular formula is C14H22N4O2. The van der Waals surface area contributed by atoms with E-state index in [0.29, 0.717) is 12.1 Å². The van der Waals surface area contributed by atoms with Gasteiger partial charge in [0.2, 0.25) is 5.91 Å². The van der Waals surface area contributed by atoms with Gasteiger partial charge in [0.1, 0.15) is 5.82 Å². The Bertz CT molecular complexity index is 459. The smallest absolute Gasteiger partial charge is 0.250 e. The number of hydrogen-bond donors (Lipinski definition) is 2.